The van der Waals surface area contributed by atoms with E-state index in [1.165, 1.54) is 31.4 Å². The monoisotopic (exact) mass is 506 g/mol. The van der Waals surface area contributed by atoms with Gasteiger partial charge in [0.15, 0.2) is 34.8 Å². The first-order valence-electron chi connectivity index (χ1n) is 12.3. The van der Waals surface area contributed by atoms with Crippen LogP contribution in [-0.2, 0) is 6.61 Å². The van der Waals surface area contributed by atoms with Crippen LogP contribution in [0.15, 0.2) is 42.5 Å². The van der Waals surface area contributed by atoms with Crippen LogP contribution in [0.25, 0.3) is 11.1 Å². The molecule has 3 aromatic rings. The van der Waals surface area contributed by atoms with Crippen LogP contribution < -0.4 is 4.74 Å². The molecule has 1 aliphatic carbocycles. The SMILES string of the molecule is CCCCC1CCC(c2ccc(-c3cc(F)c(OCc4cc(F)c(F)c(F)c4)c(F)c3)c(F)c2)CC1. The highest BCUT2D eigenvalue weighted by atomic mass is 19.2. The molecule has 0 amide bonds. The Morgan fingerprint density at radius 3 is 1.97 bits per heavy atom. The molecule has 1 aliphatic rings. The van der Waals surface area contributed by atoms with Crippen molar-refractivity contribution in [3.8, 4) is 16.9 Å². The highest BCUT2D eigenvalue weighted by Crippen LogP contribution is 2.39. The maximum atomic E-state index is 15.0. The molecule has 1 fully saturated rings. The van der Waals surface area contributed by atoms with Gasteiger partial charge in [-0.1, -0.05) is 38.3 Å². The summed E-state index contributed by atoms with van der Waals surface area (Å²) in [5.41, 5.74) is 0.811. The number of unbranched alkanes of at least 4 members (excludes halogenated alkanes) is 1. The molecule has 0 aromatic heterocycles. The first-order chi connectivity index (χ1) is 17.3. The fourth-order valence-electron chi connectivity index (χ4n) is 5.00. The Balaban J connectivity index is 1.46. The highest BCUT2D eigenvalue weighted by molar-refractivity contribution is 5.66. The number of rotatable bonds is 8. The molecule has 0 N–H and O–H groups in total. The molecule has 0 saturated heterocycles. The quantitative estimate of drug-likeness (QED) is 0.219. The molecule has 1 nitrogen and oxygen atoms in total. The van der Waals surface area contributed by atoms with Gasteiger partial charge >= 0.3 is 0 Å². The van der Waals surface area contributed by atoms with Crippen molar-refractivity contribution in [2.24, 2.45) is 5.92 Å². The van der Waals surface area contributed by atoms with Crippen LogP contribution in [0.2, 0.25) is 0 Å². The van der Waals surface area contributed by atoms with Crippen LogP contribution in [0.3, 0.4) is 0 Å². The minimum Gasteiger partial charge on any atom is -0.483 e. The zero-order valence-electron chi connectivity index (χ0n) is 20.0. The van der Waals surface area contributed by atoms with Crippen molar-refractivity contribution in [3.05, 3.63) is 88.5 Å². The van der Waals surface area contributed by atoms with Crippen LogP contribution in [0.5, 0.6) is 5.75 Å². The van der Waals surface area contributed by atoms with E-state index < -0.39 is 47.3 Å². The predicted molar refractivity (Wildman–Crippen MR) is 127 cm³/mol. The predicted octanol–water partition coefficient (Wildman–Crippen LogP) is 9.23. The molecule has 0 atom stereocenters. The third-order valence-electron chi connectivity index (χ3n) is 7.01. The van der Waals surface area contributed by atoms with Gasteiger partial charge in [0.25, 0.3) is 0 Å². The summed E-state index contributed by atoms with van der Waals surface area (Å²) >= 11 is 0. The summed E-state index contributed by atoms with van der Waals surface area (Å²) in [7, 11) is 0. The summed E-state index contributed by atoms with van der Waals surface area (Å²) in [5, 5.41) is 0. The van der Waals surface area contributed by atoms with E-state index in [1.54, 1.807) is 0 Å². The van der Waals surface area contributed by atoms with Gasteiger partial charge in [0.05, 0.1) is 0 Å². The molecular formula is C29H28F6O. The second-order valence-corrected chi connectivity index (χ2v) is 9.53. The third kappa shape index (κ3) is 5.88. The maximum Gasteiger partial charge on any atom is 0.194 e. The van der Waals surface area contributed by atoms with Crippen molar-refractivity contribution in [3.63, 3.8) is 0 Å². The van der Waals surface area contributed by atoms with E-state index in [-0.39, 0.29) is 22.6 Å². The average molecular weight is 507 g/mol. The maximum absolute atomic E-state index is 15.0. The van der Waals surface area contributed by atoms with E-state index in [4.69, 9.17) is 4.74 Å². The summed E-state index contributed by atoms with van der Waals surface area (Å²) in [6.45, 7) is 1.60. The van der Waals surface area contributed by atoms with Gasteiger partial charge in [-0.05, 0) is 84.5 Å². The highest BCUT2D eigenvalue weighted by Gasteiger charge is 2.23. The Bertz CT molecular complexity index is 1170. The van der Waals surface area contributed by atoms with Crippen molar-refractivity contribution >= 4 is 0 Å². The van der Waals surface area contributed by atoms with Crippen molar-refractivity contribution < 1.29 is 31.1 Å². The Morgan fingerprint density at radius 1 is 0.750 bits per heavy atom. The van der Waals surface area contributed by atoms with Gasteiger partial charge in [0.1, 0.15) is 12.4 Å². The fourth-order valence-corrected chi connectivity index (χ4v) is 5.00. The standard InChI is InChI=1S/C29H28F6O/c1-2-3-4-17-5-7-19(8-6-17)20-9-10-22(23(30)13-20)21-14-26(33)29(27(34)15-21)36-16-18-11-24(31)28(35)25(32)12-18/h9-15,17,19H,2-8,16H2,1H3. The summed E-state index contributed by atoms with van der Waals surface area (Å²) in [4.78, 5) is 0. The van der Waals surface area contributed by atoms with Gasteiger partial charge in [-0.2, -0.15) is 0 Å². The Kier molecular flexibility index (Phi) is 8.27. The molecule has 7 heteroatoms. The molecule has 1 saturated carbocycles. The molecule has 0 unspecified atom stereocenters. The lowest BCUT2D eigenvalue weighted by atomic mass is 9.77. The molecule has 0 spiro atoms. The minimum absolute atomic E-state index is 0.00328. The second kappa shape index (κ2) is 11.4. The van der Waals surface area contributed by atoms with E-state index in [2.05, 4.69) is 6.92 Å². The molecule has 0 bridgehead atoms. The topological polar surface area (TPSA) is 9.23 Å². The first-order valence-corrected chi connectivity index (χ1v) is 12.3. The Hall–Kier alpha value is -2.96. The number of hydrogen-bond acceptors (Lipinski definition) is 1. The van der Waals surface area contributed by atoms with Crippen LogP contribution in [0, 0.1) is 40.8 Å². The zero-order valence-corrected chi connectivity index (χ0v) is 20.0. The van der Waals surface area contributed by atoms with E-state index in [1.807, 2.05) is 6.07 Å². The van der Waals surface area contributed by atoms with Crippen LogP contribution >= 0.6 is 0 Å². The molecule has 0 aliphatic heterocycles. The van der Waals surface area contributed by atoms with Crippen molar-refractivity contribution in [2.45, 2.75) is 64.4 Å². The van der Waals surface area contributed by atoms with Crippen molar-refractivity contribution in [1.82, 2.24) is 0 Å². The van der Waals surface area contributed by atoms with Crippen LogP contribution in [0.4, 0.5) is 26.3 Å². The van der Waals surface area contributed by atoms with E-state index in [0.717, 1.165) is 49.3 Å². The molecular weight excluding hydrogens is 478 g/mol. The fraction of sp³-hybridized carbons (Fsp3) is 0.379. The molecule has 3 aromatic carbocycles. The lowest BCUT2D eigenvalue weighted by molar-refractivity contribution is 0.272. The largest absolute Gasteiger partial charge is 0.483 e. The number of hydrogen-bond donors (Lipinski definition) is 0. The van der Waals surface area contributed by atoms with Crippen LogP contribution in [0.1, 0.15) is 68.9 Å². The van der Waals surface area contributed by atoms with Gasteiger partial charge in [-0.15, -0.1) is 0 Å². The molecule has 36 heavy (non-hydrogen) atoms. The normalized spacial score (nSPS) is 17.9. The lowest BCUT2D eigenvalue weighted by Gasteiger charge is -2.29. The average Bonchev–Trinajstić information content (AvgIpc) is 2.85. The van der Waals surface area contributed by atoms with Crippen molar-refractivity contribution in [2.75, 3.05) is 0 Å². The second-order valence-electron chi connectivity index (χ2n) is 9.53. The van der Waals surface area contributed by atoms with Crippen LogP contribution in [-0.4, -0.2) is 0 Å². The number of ether oxygens (including phenoxy) is 1. The third-order valence-corrected chi connectivity index (χ3v) is 7.01. The number of halogens is 6. The minimum atomic E-state index is -1.65. The molecule has 0 heterocycles. The molecule has 192 valence electrons. The van der Waals surface area contributed by atoms with Gasteiger partial charge < -0.3 is 4.74 Å². The zero-order chi connectivity index (χ0) is 25.8. The molecule has 0 radical (unpaired) electrons. The van der Waals surface area contributed by atoms with E-state index in [0.29, 0.717) is 12.1 Å². The van der Waals surface area contributed by atoms with E-state index >= 15 is 0 Å². The van der Waals surface area contributed by atoms with E-state index in [9.17, 15) is 26.3 Å². The summed E-state index contributed by atoms with van der Waals surface area (Å²) in [6.07, 6.45) is 7.93. The summed E-state index contributed by atoms with van der Waals surface area (Å²) < 4.78 is 89.2. The van der Waals surface area contributed by atoms with Crippen molar-refractivity contribution in [1.29, 1.82) is 0 Å². The van der Waals surface area contributed by atoms with Gasteiger partial charge in [-0.25, -0.2) is 26.3 Å². The first kappa shape index (κ1) is 26.1. The molecule has 4 rings (SSSR count). The Morgan fingerprint density at radius 2 is 1.39 bits per heavy atom. The summed E-state index contributed by atoms with van der Waals surface area (Å²) in [5.74, 6) is -7.04. The van der Waals surface area contributed by atoms with Gasteiger partial charge in [0.2, 0.25) is 0 Å². The Labute approximate surface area is 207 Å². The lowest BCUT2D eigenvalue weighted by Crippen LogP contribution is -2.13. The number of benzene rings is 3. The summed E-state index contributed by atoms with van der Waals surface area (Å²) in [6, 6.07) is 8.04. The van der Waals surface area contributed by atoms with Gasteiger partial charge in [-0.3, -0.25) is 0 Å². The van der Waals surface area contributed by atoms with Gasteiger partial charge in [0, 0.05) is 5.56 Å². The smallest absolute Gasteiger partial charge is 0.194 e.